The zero-order chi connectivity index (χ0) is 17.5. The summed E-state index contributed by atoms with van der Waals surface area (Å²) >= 11 is 0. The second-order valence-electron chi connectivity index (χ2n) is 8.05. The van der Waals surface area contributed by atoms with Gasteiger partial charge in [0.05, 0.1) is 0 Å². The Kier molecular flexibility index (Phi) is 10.9. The van der Waals surface area contributed by atoms with Crippen molar-refractivity contribution in [3.8, 4) is 0 Å². The molecule has 0 unspecified atom stereocenters. The lowest BCUT2D eigenvalue weighted by atomic mass is 9.78. The molecule has 1 fully saturated rings. The molecule has 24 heavy (non-hydrogen) atoms. The van der Waals surface area contributed by atoms with Crippen LogP contribution in [0.2, 0.25) is 0 Å². The normalized spacial score (nSPS) is 16.0. The van der Waals surface area contributed by atoms with Gasteiger partial charge in [-0.05, 0) is 30.1 Å². The minimum atomic E-state index is 0. The van der Waals surface area contributed by atoms with E-state index in [4.69, 9.17) is 0 Å². The maximum Gasteiger partial charge on any atom is 0.243 e. The minimum absolute atomic E-state index is 0. The molecule has 1 saturated carbocycles. The number of carbonyl (C=O) groups is 1. The Morgan fingerprint density at radius 2 is 1.79 bits per heavy atom. The number of halogens is 1. The van der Waals surface area contributed by atoms with Crippen LogP contribution in [0.25, 0.3) is 0 Å². The van der Waals surface area contributed by atoms with Crippen molar-refractivity contribution < 1.29 is 4.79 Å². The van der Waals surface area contributed by atoms with Gasteiger partial charge in [-0.1, -0.05) is 40.5 Å². The summed E-state index contributed by atoms with van der Waals surface area (Å²) in [5.74, 6) is 2.09. The summed E-state index contributed by atoms with van der Waals surface area (Å²) in [5, 5.41) is 6.80. The van der Waals surface area contributed by atoms with Gasteiger partial charge in [-0.15, -0.1) is 24.0 Å². The number of likely N-dealkylation sites (N-methyl/N-ethyl adjacent to an activating group) is 1. The van der Waals surface area contributed by atoms with Crippen molar-refractivity contribution in [2.45, 2.75) is 53.4 Å². The third-order valence-corrected chi connectivity index (χ3v) is 4.72. The maximum absolute atomic E-state index is 11.8. The quantitative estimate of drug-likeness (QED) is 0.355. The SMILES string of the molecule is CC(C)CNC(=NCC(=O)N(C)C)NCC(C)(C)C1CCCC1.I. The van der Waals surface area contributed by atoms with E-state index in [1.807, 2.05) is 0 Å². The molecule has 0 saturated heterocycles. The Balaban J connectivity index is 0.00000529. The van der Waals surface area contributed by atoms with Gasteiger partial charge < -0.3 is 15.5 Å². The van der Waals surface area contributed by atoms with Gasteiger partial charge in [-0.25, -0.2) is 4.99 Å². The van der Waals surface area contributed by atoms with Crippen molar-refractivity contribution >= 4 is 35.8 Å². The molecule has 0 heterocycles. The molecule has 5 nitrogen and oxygen atoms in total. The van der Waals surface area contributed by atoms with E-state index >= 15 is 0 Å². The molecule has 2 N–H and O–H groups in total. The predicted octanol–water partition coefficient (Wildman–Crippen LogP) is 3.10. The van der Waals surface area contributed by atoms with E-state index in [0.717, 1.165) is 25.0 Å². The van der Waals surface area contributed by atoms with E-state index in [1.54, 1.807) is 19.0 Å². The van der Waals surface area contributed by atoms with Crippen LogP contribution in [0.5, 0.6) is 0 Å². The van der Waals surface area contributed by atoms with Crippen molar-refractivity contribution in [3.05, 3.63) is 0 Å². The molecule has 0 aromatic heterocycles. The molecule has 142 valence electrons. The van der Waals surface area contributed by atoms with Gasteiger partial charge >= 0.3 is 0 Å². The number of hydrogen-bond donors (Lipinski definition) is 2. The summed E-state index contributed by atoms with van der Waals surface area (Å²) < 4.78 is 0. The van der Waals surface area contributed by atoms with Crippen LogP contribution in [0.1, 0.15) is 53.4 Å². The fourth-order valence-corrected chi connectivity index (χ4v) is 2.93. The molecule has 0 spiro atoms. The lowest BCUT2D eigenvalue weighted by molar-refractivity contribution is -0.127. The summed E-state index contributed by atoms with van der Waals surface area (Å²) in [6.45, 7) is 10.9. The van der Waals surface area contributed by atoms with Gasteiger partial charge in [0.1, 0.15) is 6.54 Å². The van der Waals surface area contributed by atoms with Crippen molar-refractivity contribution in [2.75, 3.05) is 33.7 Å². The van der Waals surface area contributed by atoms with Crippen LogP contribution in [-0.2, 0) is 4.79 Å². The van der Waals surface area contributed by atoms with Crippen LogP contribution in [0.3, 0.4) is 0 Å². The van der Waals surface area contributed by atoms with Gasteiger partial charge in [-0.3, -0.25) is 4.79 Å². The van der Waals surface area contributed by atoms with Gasteiger partial charge in [-0.2, -0.15) is 0 Å². The second kappa shape index (κ2) is 11.2. The van der Waals surface area contributed by atoms with E-state index < -0.39 is 0 Å². The summed E-state index contributed by atoms with van der Waals surface area (Å²) in [4.78, 5) is 17.8. The summed E-state index contributed by atoms with van der Waals surface area (Å²) in [6, 6.07) is 0. The molecule has 0 aromatic rings. The number of carbonyl (C=O) groups excluding carboxylic acids is 1. The molecule has 1 amide bonds. The first-order valence-electron chi connectivity index (χ1n) is 8.94. The highest BCUT2D eigenvalue weighted by molar-refractivity contribution is 14.0. The lowest BCUT2D eigenvalue weighted by Crippen LogP contribution is -2.45. The number of hydrogen-bond acceptors (Lipinski definition) is 2. The molecule has 6 heteroatoms. The molecular formula is C18H37IN4O. The van der Waals surface area contributed by atoms with Crippen molar-refractivity contribution in [1.82, 2.24) is 15.5 Å². The number of nitrogens with zero attached hydrogens (tertiary/aromatic N) is 2. The van der Waals surface area contributed by atoms with Crippen LogP contribution < -0.4 is 10.6 Å². The molecule has 0 radical (unpaired) electrons. The standard InChI is InChI=1S/C18H36N4O.HI/c1-14(2)11-19-17(20-12-16(23)22(5)6)21-13-18(3,4)15-9-7-8-10-15;/h14-15H,7-13H2,1-6H3,(H2,19,20,21);1H. The number of amides is 1. The molecule has 0 atom stereocenters. The smallest absolute Gasteiger partial charge is 0.243 e. The molecule has 1 rings (SSSR count). The molecule has 0 bridgehead atoms. The van der Waals surface area contributed by atoms with Crippen LogP contribution in [0.4, 0.5) is 0 Å². The number of aliphatic imine (C=N–C) groups is 1. The monoisotopic (exact) mass is 452 g/mol. The number of nitrogens with one attached hydrogen (secondary N) is 2. The Morgan fingerprint density at radius 1 is 1.21 bits per heavy atom. The number of rotatable bonds is 7. The average Bonchev–Trinajstić information content (AvgIpc) is 3.00. The Bertz CT molecular complexity index is 402. The molecule has 0 aromatic carbocycles. The first-order valence-corrected chi connectivity index (χ1v) is 8.94. The van der Waals surface area contributed by atoms with Crippen molar-refractivity contribution in [1.29, 1.82) is 0 Å². The Hall–Kier alpha value is -0.530. The highest BCUT2D eigenvalue weighted by Crippen LogP contribution is 2.38. The molecule has 1 aliphatic carbocycles. The van der Waals surface area contributed by atoms with Crippen LogP contribution in [0.15, 0.2) is 4.99 Å². The van der Waals surface area contributed by atoms with E-state index in [0.29, 0.717) is 5.92 Å². The highest BCUT2D eigenvalue weighted by Gasteiger charge is 2.31. The highest BCUT2D eigenvalue weighted by atomic mass is 127. The first-order chi connectivity index (χ1) is 10.7. The molecule has 1 aliphatic rings. The van der Waals surface area contributed by atoms with E-state index in [1.165, 1.54) is 25.7 Å². The van der Waals surface area contributed by atoms with E-state index in [-0.39, 0.29) is 41.8 Å². The fourth-order valence-electron chi connectivity index (χ4n) is 2.93. The van der Waals surface area contributed by atoms with Gasteiger partial charge in [0.2, 0.25) is 5.91 Å². The molecular weight excluding hydrogens is 415 g/mol. The number of guanidine groups is 1. The summed E-state index contributed by atoms with van der Waals surface area (Å²) in [6.07, 6.45) is 5.38. The van der Waals surface area contributed by atoms with Crippen LogP contribution in [0, 0.1) is 17.3 Å². The largest absolute Gasteiger partial charge is 0.356 e. The van der Waals surface area contributed by atoms with Gasteiger partial charge in [0.15, 0.2) is 5.96 Å². The summed E-state index contributed by atoms with van der Waals surface area (Å²) in [7, 11) is 3.52. The van der Waals surface area contributed by atoms with Crippen LogP contribution in [-0.4, -0.2) is 50.5 Å². The lowest BCUT2D eigenvalue weighted by Gasteiger charge is -2.32. The summed E-state index contributed by atoms with van der Waals surface area (Å²) in [5.41, 5.74) is 0.252. The third kappa shape index (κ3) is 8.53. The van der Waals surface area contributed by atoms with Gasteiger partial charge in [0.25, 0.3) is 0 Å². The van der Waals surface area contributed by atoms with Gasteiger partial charge in [0, 0.05) is 27.2 Å². The Morgan fingerprint density at radius 3 is 2.29 bits per heavy atom. The minimum Gasteiger partial charge on any atom is -0.356 e. The average molecular weight is 452 g/mol. The van der Waals surface area contributed by atoms with E-state index in [2.05, 4.69) is 43.3 Å². The zero-order valence-corrected chi connectivity index (χ0v) is 18.6. The zero-order valence-electron chi connectivity index (χ0n) is 16.3. The third-order valence-electron chi connectivity index (χ3n) is 4.72. The van der Waals surface area contributed by atoms with Crippen molar-refractivity contribution in [2.24, 2.45) is 22.2 Å². The van der Waals surface area contributed by atoms with Crippen molar-refractivity contribution in [3.63, 3.8) is 0 Å². The maximum atomic E-state index is 11.8. The first kappa shape index (κ1) is 23.5. The van der Waals surface area contributed by atoms with E-state index in [9.17, 15) is 4.79 Å². The second-order valence-corrected chi connectivity index (χ2v) is 8.05. The molecule has 0 aliphatic heterocycles. The van der Waals surface area contributed by atoms with Crippen LogP contribution >= 0.6 is 24.0 Å². The fraction of sp³-hybridized carbons (Fsp3) is 0.889. The topological polar surface area (TPSA) is 56.7 Å². The predicted molar refractivity (Wildman–Crippen MR) is 113 cm³/mol. The Labute approximate surface area is 165 Å².